The Morgan fingerprint density at radius 2 is 2.08 bits per heavy atom. The van der Waals surface area contributed by atoms with Gasteiger partial charge in [0.15, 0.2) is 0 Å². The molecule has 0 aromatic carbocycles. The highest BCUT2D eigenvalue weighted by atomic mass is 15.6. The summed E-state index contributed by atoms with van der Waals surface area (Å²) < 4.78 is 1.75. The molecular formula is C7H13N5. The van der Waals surface area contributed by atoms with Crippen molar-refractivity contribution >= 4 is 5.95 Å². The van der Waals surface area contributed by atoms with E-state index in [1.807, 2.05) is 0 Å². The number of aromatic nitrogens is 4. The van der Waals surface area contributed by atoms with Crippen molar-refractivity contribution in [1.82, 2.24) is 20.2 Å². The summed E-state index contributed by atoms with van der Waals surface area (Å²) >= 11 is 0. The molecule has 0 amide bonds. The molecule has 1 fully saturated rings. The summed E-state index contributed by atoms with van der Waals surface area (Å²) in [7, 11) is 0. The van der Waals surface area contributed by atoms with E-state index in [1.54, 1.807) is 4.68 Å². The number of hydrogen-bond acceptors (Lipinski definition) is 4. The summed E-state index contributed by atoms with van der Waals surface area (Å²) in [4.78, 5) is 0. The molecule has 1 aromatic heterocycles. The summed E-state index contributed by atoms with van der Waals surface area (Å²) in [5.74, 6) is 0.430. The normalized spacial score (nSPS) is 21.4. The van der Waals surface area contributed by atoms with Crippen molar-refractivity contribution in [2.45, 2.75) is 38.1 Å². The molecule has 0 atom stereocenters. The number of nitrogens with two attached hydrogens (primary N) is 1. The van der Waals surface area contributed by atoms with Gasteiger partial charge in [0.1, 0.15) is 0 Å². The molecule has 5 nitrogen and oxygen atoms in total. The van der Waals surface area contributed by atoms with Gasteiger partial charge in [-0.3, -0.25) is 0 Å². The summed E-state index contributed by atoms with van der Waals surface area (Å²) in [5.41, 5.74) is 5.70. The van der Waals surface area contributed by atoms with Gasteiger partial charge in [-0.1, -0.05) is 17.9 Å². The van der Waals surface area contributed by atoms with Crippen LogP contribution in [0.4, 0.5) is 5.95 Å². The summed E-state index contributed by atoms with van der Waals surface area (Å²) in [6.07, 6.45) is 4.75. The van der Waals surface area contributed by atoms with E-state index >= 15 is 0 Å². The largest absolute Gasteiger partial charge is 0.367 e. The Hall–Kier alpha value is -1.13. The Kier molecular flexibility index (Phi) is 1.52. The molecule has 1 aliphatic carbocycles. The third-order valence-electron chi connectivity index (χ3n) is 2.69. The Balaban J connectivity index is 2.34. The van der Waals surface area contributed by atoms with E-state index in [1.165, 1.54) is 12.8 Å². The fourth-order valence-corrected chi connectivity index (χ4v) is 1.93. The molecule has 66 valence electrons. The fraction of sp³-hybridized carbons (Fsp3) is 0.857. The van der Waals surface area contributed by atoms with Crippen molar-refractivity contribution in [1.29, 1.82) is 0 Å². The lowest BCUT2D eigenvalue weighted by Gasteiger charge is -2.23. The van der Waals surface area contributed by atoms with Crippen LogP contribution in [0.3, 0.4) is 0 Å². The Morgan fingerprint density at radius 3 is 2.58 bits per heavy atom. The molecule has 5 heteroatoms. The summed E-state index contributed by atoms with van der Waals surface area (Å²) in [6, 6.07) is 0. The van der Waals surface area contributed by atoms with Gasteiger partial charge in [0.05, 0.1) is 5.54 Å². The quantitative estimate of drug-likeness (QED) is 0.663. The van der Waals surface area contributed by atoms with Crippen molar-refractivity contribution in [2.75, 3.05) is 5.73 Å². The van der Waals surface area contributed by atoms with Gasteiger partial charge in [-0.25, -0.2) is 4.68 Å². The minimum Gasteiger partial charge on any atom is -0.367 e. The summed E-state index contributed by atoms with van der Waals surface area (Å²) in [6.45, 7) is 2.16. The first kappa shape index (κ1) is 7.52. The van der Waals surface area contributed by atoms with E-state index in [-0.39, 0.29) is 5.54 Å². The zero-order valence-corrected chi connectivity index (χ0v) is 7.19. The number of nitrogen functional groups attached to an aromatic ring is 1. The van der Waals surface area contributed by atoms with Crippen molar-refractivity contribution in [3.05, 3.63) is 0 Å². The van der Waals surface area contributed by atoms with E-state index in [2.05, 4.69) is 22.4 Å². The van der Waals surface area contributed by atoms with Crippen LogP contribution >= 0.6 is 0 Å². The monoisotopic (exact) mass is 167 g/mol. The van der Waals surface area contributed by atoms with Gasteiger partial charge in [-0.05, 0) is 30.2 Å². The first-order valence-electron chi connectivity index (χ1n) is 4.27. The maximum atomic E-state index is 5.63. The number of hydrogen-bond donors (Lipinski definition) is 1. The van der Waals surface area contributed by atoms with Gasteiger partial charge in [-0.2, -0.15) is 0 Å². The number of rotatable bonds is 1. The second-order valence-electron chi connectivity index (χ2n) is 3.65. The lowest BCUT2D eigenvalue weighted by Crippen LogP contribution is -2.28. The van der Waals surface area contributed by atoms with E-state index in [4.69, 9.17) is 5.73 Å². The molecule has 0 aliphatic heterocycles. The molecular weight excluding hydrogens is 154 g/mol. The molecule has 1 saturated carbocycles. The van der Waals surface area contributed by atoms with Crippen molar-refractivity contribution in [3.63, 3.8) is 0 Å². The Labute approximate surface area is 70.9 Å². The topological polar surface area (TPSA) is 69.6 Å². The molecule has 0 spiro atoms. The van der Waals surface area contributed by atoms with E-state index in [0.29, 0.717) is 5.95 Å². The van der Waals surface area contributed by atoms with Crippen molar-refractivity contribution in [2.24, 2.45) is 0 Å². The summed E-state index contributed by atoms with van der Waals surface area (Å²) in [5, 5.41) is 11.1. The van der Waals surface area contributed by atoms with Crippen LogP contribution in [0.25, 0.3) is 0 Å². The van der Waals surface area contributed by atoms with Crippen LogP contribution < -0.4 is 5.73 Å². The van der Waals surface area contributed by atoms with Crippen molar-refractivity contribution < 1.29 is 0 Å². The van der Waals surface area contributed by atoms with Crippen molar-refractivity contribution in [3.8, 4) is 0 Å². The maximum absolute atomic E-state index is 5.63. The zero-order valence-electron chi connectivity index (χ0n) is 7.19. The van der Waals surface area contributed by atoms with E-state index in [9.17, 15) is 0 Å². The van der Waals surface area contributed by atoms with E-state index < -0.39 is 0 Å². The molecule has 0 radical (unpaired) electrons. The molecule has 1 aromatic rings. The predicted octanol–water partition coefficient (Wildman–Crippen LogP) is 0.544. The second kappa shape index (κ2) is 2.43. The van der Waals surface area contributed by atoms with Crippen LogP contribution in [0.2, 0.25) is 0 Å². The average molecular weight is 167 g/mol. The predicted molar refractivity (Wildman–Crippen MR) is 44.3 cm³/mol. The molecule has 1 heterocycles. The van der Waals surface area contributed by atoms with E-state index in [0.717, 1.165) is 12.8 Å². The Bertz CT molecular complexity index is 273. The lowest BCUT2D eigenvalue weighted by molar-refractivity contribution is 0.294. The van der Waals surface area contributed by atoms with Crippen LogP contribution in [0.1, 0.15) is 32.6 Å². The van der Waals surface area contributed by atoms with Gasteiger partial charge in [0.2, 0.25) is 5.95 Å². The molecule has 12 heavy (non-hydrogen) atoms. The average Bonchev–Trinajstić information content (AvgIpc) is 2.59. The minimum atomic E-state index is 0.0631. The van der Waals surface area contributed by atoms with Gasteiger partial charge in [0.25, 0.3) is 0 Å². The highest BCUT2D eigenvalue weighted by molar-refractivity contribution is 5.14. The first-order chi connectivity index (χ1) is 5.72. The van der Waals surface area contributed by atoms with Gasteiger partial charge in [0, 0.05) is 0 Å². The minimum absolute atomic E-state index is 0.0631. The molecule has 2 N–H and O–H groups in total. The zero-order chi connectivity index (χ0) is 8.60. The van der Waals surface area contributed by atoms with Crippen LogP contribution in [0, 0.1) is 0 Å². The number of nitrogens with zero attached hydrogens (tertiary/aromatic N) is 4. The highest BCUT2D eigenvalue weighted by Crippen LogP contribution is 2.36. The highest BCUT2D eigenvalue weighted by Gasteiger charge is 2.33. The van der Waals surface area contributed by atoms with Gasteiger partial charge in [-0.15, -0.1) is 0 Å². The fourth-order valence-electron chi connectivity index (χ4n) is 1.93. The van der Waals surface area contributed by atoms with Gasteiger partial charge < -0.3 is 5.73 Å². The number of tetrazole rings is 1. The van der Waals surface area contributed by atoms with Crippen LogP contribution in [0.15, 0.2) is 0 Å². The van der Waals surface area contributed by atoms with Crippen LogP contribution in [-0.2, 0) is 5.54 Å². The lowest BCUT2D eigenvalue weighted by atomic mass is 10.0. The third-order valence-corrected chi connectivity index (χ3v) is 2.69. The van der Waals surface area contributed by atoms with Gasteiger partial charge >= 0.3 is 0 Å². The molecule has 1 aliphatic rings. The molecule has 0 saturated heterocycles. The first-order valence-corrected chi connectivity index (χ1v) is 4.27. The standard InChI is InChI=1S/C7H13N5/c1-7(4-2-3-5-7)12-6(8)9-10-11-12/h2-5H2,1H3,(H2,8,9,11). The third kappa shape index (κ3) is 0.964. The smallest absolute Gasteiger partial charge is 0.240 e. The maximum Gasteiger partial charge on any atom is 0.240 e. The molecule has 2 rings (SSSR count). The second-order valence-corrected chi connectivity index (χ2v) is 3.65. The number of anilines is 1. The molecule has 0 bridgehead atoms. The molecule has 0 unspecified atom stereocenters. The SMILES string of the molecule is CC1(n2nnnc2N)CCCC1. The Morgan fingerprint density at radius 1 is 1.42 bits per heavy atom. The van der Waals surface area contributed by atoms with Crippen LogP contribution in [-0.4, -0.2) is 20.2 Å². The van der Waals surface area contributed by atoms with Crippen LogP contribution in [0.5, 0.6) is 0 Å².